The number of rotatable bonds is 1. The quantitative estimate of drug-likeness (QED) is 0.0987. The molecular weight excluding hydrogens is 758 g/mol. The number of fused-ring (bicyclic) bond motifs is 12. The van der Waals surface area contributed by atoms with E-state index in [0.29, 0.717) is 0 Å². The van der Waals surface area contributed by atoms with E-state index in [1.54, 1.807) is 49.3 Å². The zero-order valence-corrected chi connectivity index (χ0v) is 30.2. The SMILES string of the molecule is [NH-]c1cc(-c2cc3c4cccnc4c4[n-]cccc4c3n2)ccc1O.[Ru+2].c1cnc2c(c1)ccc1cccnc12.c1cnc2c(c1)ccc1cccnc12. The van der Waals surface area contributed by atoms with Crippen LogP contribution in [0.5, 0.6) is 5.75 Å². The van der Waals surface area contributed by atoms with Gasteiger partial charge in [-0.2, -0.15) is 6.20 Å². The molecule has 0 saturated heterocycles. The maximum Gasteiger partial charge on any atom is 2.00 e. The first-order valence-corrected chi connectivity index (χ1v) is 16.9. The summed E-state index contributed by atoms with van der Waals surface area (Å²) in [4.78, 5) is 31.2. The molecular formula is C44H28N8ORu. The van der Waals surface area contributed by atoms with Crippen LogP contribution in [0.15, 0.2) is 159 Å². The summed E-state index contributed by atoms with van der Waals surface area (Å²) in [5.41, 5.74) is 15.9. The summed E-state index contributed by atoms with van der Waals surface area (Å²) in [5.74, 6) is -0.0378. The molecule has 0 atom stereocenters. The first-order chi connectivity index (χ1) is 26.1. The minimum atomic E-state index is -0.0378. The van der Waals surface area contributed by atoms with E-state index >= 15 is 0 Å². The number of aromatic nitrogens is 7. The van der Waals surface area contributed by atoms with Crippen LogP contribution in [0.2, 0.25) is 0 Å². The number of hydrogen-bond acceptors (Lipinski definition) is 7. The van der Waals surface area contributed by atoms with Crippen LogP contribution in [0.3, 0.4) is 0 Å². The Morgan fingerprint density at radius 1 is 0.463 bits per heavy atom. The zero-order valence-electron chi connectivity index (χ0n) is 28.4. The number of aromatic hydroxyl groups is 1. The third-order valence-electron chi connectivity index (χ3n) is 9.13. The molecule has 0 bridgehead atoms. The molecule has 2 N–H and O–H groups in total. The standard InChI is InChI=1S/C20H12N4O.2C12H8N2.Ru/c21-15-9-11(5-6-17(15)25)16-10-14-12-3-1-7-22-19(12)20-13(18(14)24-16)4-2-8-23-20;2*1-3-9-5-6-10-4-2-8-14-12(10)11(9)13-7-1;/h1-10H,(H2-2,21,22,23,24,25);2*1-8H;/q-2;;;+2. The van der Waals surface area contributed by atoms with Crippen molar-refractivity contribution >= 4 is 82.0 Å². The summed E-state index contributed by atoms with van der Waals surface area (Å²) in [6.07, 6.45) is 10.7. The van der Waals surface area contributed by atoms with Crippen LogP contribution in [0.4, 0.5) is 5.69 Å². The molecule has 258 valence electrons. The Balaban J connectivity index is 0.000000122. The van der Waals surface area contributed by atoms with Gasteiger partial charge < -0.3 is 15.8 Å². The number of phenols is 1. The van der Waals surface area contributed by atoms with Gasteiger partial charge in [-0.1, -0.05) is 78.5 Å². The normalized spacial score (nSPS) is 11.0. The first kappa shape index (κ1) is 34.2. The van der Waals surface area contributed by atoms with Crippen molar-refractivity contribution in [2.24, 2.45) is 0 Å². The van der Waals surface area contributed by atoms with Gasteiger partial charge in [-0.15, -0.1) is 5.52 Å². The fourth-order valence-electron chi connectivity index (χ4n) is 6.63. The fourth-order valence-corrected chi connectivity index (χ4v) is 6.63. The number of nitrogens with one attached hydrogen (secondary N) is 1. The molecule has 0 aliphatic rings. The molecule has 9 nitrogen and oxygen atoms in total. The monoisotopic (exact) mass is 786 g/mol. The largest absolute Gasteiger partial charge is 2.00 e. The summed E-state index contributed by atoms with van der Waals surface area (Å²) in [5, 5.41) is 17.1. The Morgan fingerprint density at radius 3 is 1.46 bits per heavy atom. The smallest absolute Gasteiger partial charge is 0.696 e. The van der Waals surface area contributed by atoms with Crippen molar-refractivity contribution in [3.8, 4) is 17.0 Å². The number of pyridine rings is 6. The van der Waals surface area contributed by atoms with E-state index in [-0.39, 0.29) is 30.9 Å². The second-order valence-corrected chi connectivity index (χ2v) is 12.4. The average molecular weight is 786 g/mol. The molecule has 0 spiro atoms. The Labute approximate surface area is 321 Å². The van der Waals surface area contributed by atoms with Gasteiger partial charge in [0.25, 0.3) is 0 Å². The zero-order chi connectivity index (χ0) is 35.7. The molecule has 11 aromatic rings. The van der Waals surface area contributed by atoms with Crippen LogP contribution in [0.1, 0.15) is 0 Å². The van der Waals surface area contributed by atoms with Crippen molar-refractivity contribution in [2.75, 3.05) is 0 Å². The predicted molar refractivity (Wildman–Crippen MR) is 213 cm³/mol. The molecule has 7 heterocycles. The predicted octanol–water partition coefficient (Wildman–Crippen LogP) is 10.5. The Hall–Kier alpha value is -6.90. The minimum absolute atomic E-state index is 0. The third kappa shape index (κ3) is 6.29. The number of nitrogens with zero attached hydrogens (tertiary/aromatic N) is 7. The van der Waals surface area contributed by atoms with Gasteiger partial charge in [-0.05, 0) is 59.5 Å². The Morgan fingerprint density at radius 2 is 0.944 bits per heavy atom. The van der Waals surface area contributed by atoms with Crippen LogP contribution >= 0.6 is 0 Å². The van der Waals surface area contributed by atoms with E-state index in [0.717, 1.165) is 87.6 Å². The summed E-state index contributed by atoms with van der Waals surface area (Å²) >= 11 is 0. The van der Waals surface area contributed by atoms with E-state index in [2.05, 4.69) is 78.4 Å². The van der Waals surface area contributed by atoms with Crippen molar-refractivity contribution < 1.29 is 24.6 Å². The van der Waals surface area contributed by atoms with E-state index in [9.17, 15) is 5.11 Å². The van der Waals surface area contributed by atoms with Crippen molar-refractivity contribution in [3.05, 3.63) is 164 Å². The Kier molecular flexibility index (Phi) is 9.26. The topological polar surface area (TPSA) is 135 Å². The molecule has 11 rings (SSSR count). The van der Waals surface area contributed by atoms with E-state index < -0.39 is 0 Å². The van der Waals surface area contributed by atoms with E-state index in [1.807, 2.05) is 54.6 Å². The van der Waals surface area contributed by atoms with E-state index in [1.165, 1.54) is 6.07 Å². The fraction of sp³-hybridized carbons (Fsp3) is 0. The van der Waals surface area contributed by atoms with Crippen molar-refractivity contribution in [1.29, 1.82) is 0 Å². The Bertz CT molecular complexity index is 2840. The summed E-state index contributed by atoms with van der Waals surface area (Å²) in [6, 6.07) is 39.0. The van der Waals surface area contributed by atoms with Crippen LogP contribution in [0.25, 0.3) is 93.3 Å². The molecule has 0 aliphatic heterocycles. The summed E-state index contributed by atoms with van der Waals surface area (Å²) in [6.45, 7) is 0. The molecule has 54 heavy (non-hydrogen) atoms. The molecule has 0 fully saturated rings. The van der Waals surface area contributed by atoms with Gasteiger partial charge in [0.05, 0.1) is 38.8 Å². The van der Waals surface area contributed by atoms with Gasteiger partial charge >= 0.3 is 19.5 Å². The van der Waals surface area contributed by atoms with Gasteiger partial charge in [0.1, 0.15) is 5.75 Å². The van der Waals surface area contributed by atoms with Crippen LogP contribution in [0, 0.1) is 0 Å². The molecule has 0 aliphatic carbocycles. The minimum Gasteiger partial charge on any atom is -0.696 e. The molecule has 10 heteroatoms. The van der Waals surface area contributed by atoms with Crippen molar-refractivity contribution in [1.82, 2.24) is 34.9 Å². The number of hydrogen-bond donors (Lipinski definition) is 1. The number of benzene rings is 4. The average Bonchev–Trinajstić information content (AvgIpc) is 3.69. The van der Waals surface area contributed by atoms with Crippen molar-refractivity contribution in [3.63, 3.8) is 0 Å². The van der Waals surface area contributed by atoms with Gasteiger partial charge in [0, 0.05) is 63.3 Å². The van der Waals surface area contributed by atoms with Crippen molar-refractivity contribution in [2.45, 2.75) is 0 Å². The second-order valence-electron chi connectivity index (χ2n) is 12.4. The second kappa shape index (κ2) is 14.6. The molecule has 4 aromatic carbocycles. The van der Waals surface area contributed by atoms with Gasteiger partial charge in [-0.3, -0.25) is 24.9 Å². The number of phenolic OH excluding ortho intramolecular Hbond substituents is 1. The summed E-state index contributed by atoms with van der Waals surface area (Å²) in [7, 11) is 0. The van der Waals surface area contributed by atoms with Crippen LogP contribution in [-0.4, -0.2) is 35.0 Å². The molecule has 0 amide bonds. The maximum absolute atomic E-state index is 9.59. The molecule has 7 aromatic heterocycles. The third-order valence-corrected chi connectivity index (χ3v) is 9.13. The van der Waals surface area contributed by atoms with Crippen LogP contribution in [-0.2, 0) is 19.5 Å². The van der Waals surface area contributed by atoms with Gasteiger partial charge in [0.2, 0.25) is 0 Å². The van der Waals surface area contributed by atoms with Crippen LogP contribution < -0.4 is 4.98 Å². The maximum atomic E-state index is 9.59. The first-order valence-electron chi connectivity index (χ1n) is 16.9. The molecule has 0 unspecified atom stereocenters. The van der Waals surface area contributed by atoms with Gasteiger partial charge in [0.15, 0.2) is 0 Å². The van der Waals surface area contributed by atoms with Gasteiger partial charge in [-0.25, -0.2) is 4.98 Å². The van der Waals surface area contributed by atoms with E-state index in [4.69, 9.17) is 10.7 Å². The molecule has 0 radical (unpaired) electrons. The summed E-state index contributed by atoms with van der Waals surface area (Å²) < 4.78 is 0. The molecule has 0 saturated carbocycles.